The van der Waals surface area contributed by atoms with Gasteiger partial charge in [0.15, 0.2) is 6.61 Å². The second-order valence-electron chi connectivity index (χ2n) is 8.24. The summed E-state index contributed by atoms with van der Waals surface area (Å²) in [6.07, 6.45) is 2.12. The standard InChI is InChI=1S/C28H30ClFN2O3/c1-2-3-17-31-28(34)26(18-21-7-5-4-6-8-21)32(19-22-9-13-24(30)14-10-22)27(33)20-35-25-15-11-23(29)12-16-25/h4-16,26H,2-3,17-20H2,1H3,(H,31,34)/t26-/m0/s1. The van der Waals surface area contributed by atoms with E-state index in [4.69, 9.17) is 16.3 Å². The number of nitrogens with one attached hydrogen (secondary N) is 1. The normalized spacial score (nSPS) is 11.5. The summed E-state index contributed by atoms with van der Waals surface area (Å²) in [5.41, 5.74) is 1.64. The van der Waals surface area contributed by atoms with Crippen LogP contribution in [0, 0.1) is 5.82 Å². The molecular formula is C28H30ClFN2O3. The summed E-state index contributed by atoms with van der Waals surface area (Å²) < 4.78 is 19.2. The number of ether oxygens (including phenoxy) is 1. The molecular weight excluding hydrogens is 467 g/mol. The molecule has 0 radical (unpaired) electrons. The fraction of sp³-hybridized carbons (Fsp3) is 0.286. The van der Waals surface area contributed by atoms with Gasteiger partial charge in [0, 0.05) is 24.5 Å². The zero-order chi connectivity index (χ0) is 25.0. The van der Waals surface area contributed by atoms with E-state index in [-0.39, 0.29) is 30.8 Å². The van der Waals surface area contributed by atoms with Crippen LogP contribution in [-0.4, -0.2) is 35.9 Å². The molecule has 5 nitrogen and oxygen atoms in total. The van der Waals surface area contributed by atoms with Gasteiger partial charge in [0.25, 0.3) is 5.91 Å². The first-order valence-corrected chi connectivity index (χ1v) is 12.1. The predicted molar refractivity (Wildman–Crippen MR) is 136 cm³/mol. The van der Waals surface area contributed by atoms with Gasteiger partial charge in [0.05, 0.1) is 0 Å². The van der Waals surface area contributed by atoms with Gasteiger partial charge < -0.3 is 15.0 Å². The molecule has 3 aromatic rings. The van der Waals surface area contributed by atoms with Crippen LogP contribution in [0.15, 0.2) is 78.9 Å². The Morgan fingerprint density at radius 2 is 1.66 bits per heavy atom. The van der Waals surface area contributed by atoms with Crippen molar-refractivity contribution in [3.63, 3.8) is 0 Å². The van der Waals surface area contributed by atoms with Crippen molar-refractivity contribution in [2.75, 3.05) is 13.2 Å². The Morgan fingerprint density at radius 1 is 0.971 bits per heavy atom. The maximum atomic E-state index is 13.5. The van der Waals surface area contributed by atoms with Crippen LogP contribution in [0.1, 0.15) is 30.9 Å². The summed E-state index contributed by atoms with van der Waals surface area (Å²) in [6.45, 7) is 2.46. The van der Waals surface area contributed by atoms with Crippen molar-refractivity contribution in [3.05, 3.63) is 101 Å². The van der Waals surface area contributed by atoms with E-state index in [2.05, 4.69) is 5.32 Å². The first kappa shape index (κ1) is 26.2. The minimum Gasteiger partial charge on any atom is -0.484 e. The zero-order valence-corrected chi connectivity index (χ0v) is 20.5. The summed E-state index contributed by atoms with van der Waals surface area (Å²) in [6, 6.07) is 21.4. The Bertz CT molecular complexity index is 1080. The minimum atomic E-state index is -0.763. The Hall–Kier alpha value is -3.38. The fourth-order valence-corrected chi connectivity index (χ4v) is 3.73. The molecule has 35 heavy (non-hydrogen) atoms. The van der Waals surface area contributed by atoms with Crippen LogP contribution in [0.4, 0.5) is 4.39 Å². The topological polar surface area (TPSA) is 58.6 Å². The molecule has 0 aliphatic carbocycles. The van der Waals surface area contributed by atoms with E-state index in [1.807, 2.05) is 37.3 Å². The molecule has 3 rings (SSSR count). The first-order valence-electron chi connectivity index (χ1n) is 11.7. The van der Waals surface area contributed by atoms with Crippen molar-refractivity contribution in [3.8, 4) is 5.75 Å². The quantitative estimate of drug-likeness (QED) is 0.341. The maximum absolute atomic E-state index is 13.5. The molecule has 3 aromatic carbocycles. The highest BCUT2D eigenvalue weighted by molar-refractivity contribution is 6.30. The van der Waals surface area contributed by atoms with Gasteiger partial charge >= 0.3 is 0 Å². The van der Waals surface area contributed by atoms with Gasteiger partial charge in [-0.15, -0.1) is 0 Å². The van der Waals surface area contributed by atoms with Crippen molar-refractivity contribution >= 4 is 23.4 Å². The minimum absolute atomic E-state index is 0.141. The van der Waals surface area contributed by atoms with E-state index in [0.29, 0.717) is 29.3 Å². The number of hydrogen-bond acceptors (Lipinski definition) is 3. The first-order chi connectivity index (χ1) is 17.0. The molecule has 0 heterocycles. The van der Waals surface area contributed by atoms with Crippen molar-refractivity contribution in [1.82, 2.24) is 10.2 Å². The van der Waals surface area contributed by atoms with Gasteiger partial charge in [-0.3, -0.25) is 9.59 Å². The molecule has 0 saturated carbocycles. The highest BCUT2D eigenvalue weighted by atomic mass is 35.5. The van der Waals surface area contributed by atoms with Crippen LogP contribution in [0.2, 0.25) is 5.02 Å². The molecule has 0 bridgehead atoms. The molecule has 0 saturated heterocycles. The highest BCUT2D eigenvalue weighted by Crippen LogP contribution is 2.18. The smallest absolute Gasteiger partial charge is 0.261 e. The van der Waals surface area contributed by atoms with Gasteiger partial charge in [-0.2, -0.15) is 0 Å². The van der Waals surface area contributed by atoms with Crippen molar-refractivity contribution in [1.29, 1.82) is 0 Å². The SMILES string of the molecule is CCCCNC(=O)[C@H](Cc1ccccc1)N(Cc1ccc(F)cc1)C(=O)COc1ccc(Cl)cc1. The number of amides is 2. The molecule has 0 aliphatic rings. The third kappa shape index (κ3) is 8.41. The summed E-state index contributed by atoms with van der Waals surface area (Å²) in [7, 11) is 0. The molecule has 7 heteroatoms. The van der Waals surface area contributed by atoms with E-state index in [0.717, 1.165) is 18.4 Å². The molecule has 1 N–H and O–H groups in total. The summed E-state index contributed by atoms with van der Waals surface area (Å²) in [5.74, 6) is -0.451. The number of carbonyl (C=O) groups excluding carboxylic acids is 2. The Labute approximate surface area is 210 Å². The van der Waals surface area contributed by atoms with E-state index < -0.39 is 6.04 Å². The Kier molecular flexibility index (Phi) is 10.1. The zero-order valence-electron chi connectivity index (χ0n) is 19.8. The van der Waals surface area contributed by atoms with E-state index >= 15 is 0 Å². The molecule has 0 fully saturated rings. The second-order valence-corrected chi connectivity index (χ2v) is 8.68. The fourth-order valence-electron chi connectivity index (χ4n) is 3.61. The number of rotatable bonds is 12. The highest BCUT2D eigenvalue weighted by Gasteiger charge is 2.30. The number of benzene rings is 3. The third-order valence-electron chi connectivity index (χ3n) is 5.54. The van der Waals surface area contributed by atoms with Gasteiger partial charge in [-0.25, -0.2) is 4.39 Å². The van der Waals surface area contributed by atoms with Gasteiger partial charge in [-0.05, 0) is 53.9 Å². The number of nitrogens with zero attached hydrogens (tertiary/aromatic N) is 1. The number of carbonyl (C=O) groups is 2. The monoisotopic (exact) mass is 496 g/mol. The average Bonchev–Trinajstić information content (AvgIpc) is 2.87. The molecule has 0 spiro atoms. The lowest BCUT2D eigenvalue weighted by Gasteiger charge is -2.31. The van der Waals surface area contributed by atoms with Crippen molar-refractivity contribution < 1.29 is 18.7 Å². The second kappa shape index (κ2) is 13.5. The average molecular weight is 497 g/mol. The lowest BCUT2D eigenvalue weighted by molar-refractivity contribution is -0.142. The van der Waals surface area contributed by atoms with Crippen LogP contribution in [-0.2, 0) is 22.6 Å². The van der Waals surface area contributed by atoms with E-state index in [1.165, 1.54) is 17.0 Å². The summed E-state index contributed by atoms with van der Waals surface area (Å²) in [4.78, 5) is 28.3. The molecule has 0 aliphatic heterocycles. The lowest BCUT2D eigenvalue weighted by atomic mass is 10.0. The molecule has 0 aromatic heterocycles. The van der Waals surface area contributed by atoms with Crippen LogP contribution < -0.4 is 10.1 Å². The van der Waals surface area contributed by atoms with Gasteiger partial charge in [0.1, 0.15) is 17.6 Å². The van der Waals surface area contributed by atoms with Crippen LogP contribution in [0.25, 0.3) is 0 Å². The number of hydrogen-bond donors (Lipinski definition) is 1. The van der Waals surface area contributed by atoms with Crippen LogP contribution in [0.3, 0.4) is 0 Å². The third-order valence-corrected chi connectivity index (χ3v) is 5.79. The van der Waals surface area contributed by atoms with E-state index in [9.17, 15) is 14.0 Å². The largest absolute Gasteiger partial charge is 0.484 e. The van der Waals surface area contributed by atoms with Crippen molar-refractivity contribution in [2.45, 2.75) is 38.8 Å². The predicted octanol–water partition coefficient (Wildman–Crippen LogP) is 5.41. The van der Waals surface area contributed by atoms with Crippen LogP contribution >= 0.6 is 11.6 Å². The Morgan fingerprint density at radius 3 is 2.31 bits per heavy atom. The summed E-state index contributed by atoms with van der Waals surface area (Å²) >= 11 is 5.93. The molecule has 184 valence electrons. The summed E-state index contributed by atoms with van der Waals surface area (Å²) in [5, 5.41) is 3.53. The number of unbranched alkanes of at least 4 members (excludes halogenated alkanes) is 1. The molecule has 0 unspecified atom stereocenters. The van der Waals surface area contributed by atoms with Gasteiger partial charge in [0.2, 0.25) is 5.91 Å². The Balaban J connectivity index is 1.86. The maximum Gasteiger partial charge on any atom is 0.261 e. The lowest BCUT2D eigenvalue weighted by Crippen LogP contribution is -2.51. The molecule has 1 atom stereocenters. The van der Waals surface area contributed by atoms with Gasteiger partial charge in [-0.1, -0.05) is 67.4 Å². The van der Waals surface area contributed by atoms with Crippen LogP contribution in [0.5, 0.6) is 5.75 Å². The number of halogens is 2. The molecule has 2 amide bonds. The van der Waals surface area contributed by atoms with Crippen molar-refractivity contribution in [2.24, 2.45) is 0 Å². The van der Waals surface area contributed by atoms with E-state index in [1.54, 1.807) is 36.4 Å².